The van der Waals surface area contributed by atoms with Gasteiger partial charge in [0, 0.05) is 27.5 Å². The molecule has 1 aliphatic rings. The van der Waals surface area contributed by atoms with E-state index in [1.807, 2.05) is 0 Å². The summed E-state index contributed by atoms with van der Waals surface area (Å²) >= 11 is 0. The molecule has 0 bridgehead atoms. The highest BCUT2D eigenvalue weighted by atomic mass is 16.3. The maximum absolute atomic E-state index is 7.26. The first-order valence-electron chi connectivity index (χ1n) is 23.1. The van der Waals surface area contributed by atoms with E-state index in [0.29, 0.717) is 0 Å². The van der Waals surface area contributed by atoms with Crippen molar-refractivity contribution in [2.75, 3.05) is 4.90 Å². The number of fused-ring (bicyclic) bond motifs is 8. The Balaban J connectivity index is 1.10. The van der Waals surface area contributed by atoms with E-state index < -0.39 is 5.41 Å². The van der Waals surface area contributed by atoms with Crippen LogP contribution in [0.4, 0.5) is 17.1 Å². The largest absolute Gasteiger partial charge is 0.453 e. The molecule has 0 fully saturated rings. The van der Waals surface area contributed by atoms with E-state index in [-0.39, 0.29) is 0 Å². The summed E-state index contributed by atoms with van der Waals surface area (Å²) in [6, 6.07) is 95.0. The number of nitrogens with zero attached hydrogens (tertiary/aromatic N) is 1. The topological polar surface area (TPSA) is 16.4 Å². The molecule has 13 rings (SSSR count). The van der Waals surface area contributed by atoms with Gasteiger partial charge in [-0.2, -0.15) is 0 Å². The van der Waals surface area contributed by atoms with Crippen molar-refractivity contribution < 1.29 is 4.42 Å². The van der Waals surface area contributed by atoms with Gasteiger partial charge in [-0.1, -0.05) is 218 Å². The zero-order chi connectivity index (χ0) is 44.3. The van der Waals surface area contributed by atoms with Gasteiger partial charge in [0.2, 0.25) is 0 Å². The molecule has 0 saturated carbocycles. The van der Waals surface area contributed by atoms with Gasteiger partial charge in [0.25, 0.3) is 0 Å². The molecule has 0 radical (unpaired) electrons. The van der Waals surface area contributed by atoms with Crippen LogP contribution in [0.25, 0.3) is 77.2 Å². The number of hydrogen-bond acceptors (Lipinski definition) is 2. The minimum atomic E-state index is -0.566. The fourth-order valence-corrected chi connectivity index (χ4v) is 10.8. The highest BCUT2D eigenvalue weighted by Gasteiger charge is 2.46. The molecule has 0 spiro atoms. The smallest absolute Gasteiger partial charge is 0.159 e. The average Bonchev–Trinajstić information content (AvgIpc) is 3.94. The van der Waals surface area contributed by atoms with Crippen LogP contribution in [-0.2, 0) is 5.41 Å². The van der Waals surface area contributed by atoms with Crippen LogP contribution >= 0.6 is 0 Å². The monoisotopic (exact) mass is 853 g/mol. The summed E-state index contributed by atoms with van der Waals surface area (Å²) in [7, 11) is 0. The summed E-state index contributed by atoms with van der Waals surface area (Å²) in [5, 5.41) is 4.41. The van der Waals surface area contributed by atoms with E-state index in [0.717, 1.165) is 66.5 Å². The summed E-state index contributed by atoms with van der Waals surface area (Å²) in [4.78, 5) is 2.42. The summed E-state index contributed by atoms with van der Waals surface area (Å²) in [6.07, 6.45) is 0. The van der Waals surface area contributed by atoms with Crippen LogP contribution < -0.4 is 4.90 Å². The Morgan fingerprint density at radius 3 is 1.46 bits per heavy atom. The molecule has 0 saturated heterocycles. The van der Waals surface area contributed by atoms with Gasteiger partial charge >= 0.3 is 0 Å². The third kappa shape index (κ3) is 6.26. The lowest BCUT2D eigenvalue weighted by Gasteiger charge is -2.35. The molecule has 314 valence electrons. The third-order valence-corrected chi connectivity index (χ3v) is 13.9. The maximum atomic E-state index is 7.26. The Hall–Kier alpha value is -8.72. The molecule has 2 nitrogen and oxygen atoms in total. The van der Waals surface area contributed by atoms with E-state index in [2.05, 4.69) is 266 Å². The van der Waals surface area contributed by atoms with E-state index in [1.165, 1.54) is 50.1 Å². The molecule has 0 aliphatic heterocycles. The van der Waals surface area contributed by atoms with Crippen molar-refractivity contribution in [2.45, 2.75) is 5.41 Å². The Labute approximate surface area is 390 Å². The molecular weight excluding hydrogens is 811 g/mol. The second-order valence-corrected chi connectivity index (χ2v) is 17.6. The molecule has 1 aromatic heterocycles. The van der Waals surface area contributed by atoms with Gasteiger partial charge in [0.1, 0.15) is 5.58 Å². The van der Waals surface area contributed by atoms with Gasteiger partial charge in [-0.05, 0) is 115 Å². The van der Waals surface area contributed by atoms with Crippen LogP contribution in [0.3, 0.4) is 0 Å². The fourth-order valence-electron chi connectivity index (χ4n) is 10.8. The SMILES string of the molecule is c1ccc(-c2ccc(-c3cc(N(c4ccc(-c5ccccc5)cc4)c4ccc5c(c4)C(c4ccccc4)(c4ccccc4)c4ccccc4-5)c4oc5c6ccccc6ccc5c4c3)cc2)cc1. The van der Waals surface area contributed by atoms with Crippen molar-refractivity contribution in [1.82, 2.24) is 0 Å². The summed E-state index contributed by atoms with van der Waals surface area (Å²) in [6.45, 7) is 0. The molecule has 0 atom stereocenters. The van der Waals surface area contributed by atoms with E-state index in [1.54, 1.807) is 0 Å². The van der Waals surface area contributed by atoms with Crippen molar-refractivity contribution in [3.63, 3.8) is 0 Å². The van der Waals surface area contributed by atoms with Gasteiger partial charge in [-0.15, -0.1) is 0 Å². The van der Waals surface area contributed by atoms with Crippen molar-refractivity contribution in [1.29, 1.82) is 0 Å². The lowest BCUT2D eigenvalue weighted by molar-refractivity contribution is 0.673. The average molecular weight is 854 g/mol. The zero-order valence-corrected chi connectivity index (χ0v) is 36.7. The first kappa shape index (κ1) is 38.7. The highest BCUT2D eigenvalue weighted by molar-refractivity contribution is 6.18. The van der Waals surface area contributed by atoms with Crippen LogP contribution in [-0.4, -0.2) is 0 Å². The Morgan fingerprint density at radius 1 is 0.299 bits per heavy atom. The third-order valence-electron chi connectivity index (χ3n) is 13.9. The molecule has 67 heavy (non-hydrogen) atoms. The quantitative estimate of drug-likeness (QED) is 0.151. The van der Waals surface area contributed by atoms with Gasteiger partial charge in [-0.25, -0.2) is 0 Å². The number of anilines is 3. The lowest BCUT2D eigenvalue weighted by atomic mass is 9.67. The number of rotatable bonds is 8. The lowest BCUT2D eigenvalue weighted by Crippen LogP contribution is -2.28. The molecule has 1 aliphatic carbocycles. The Morgan fingerprint density at radius 2 is 0.806 bits per heavy atom. The van der Waals surface area contributed by atoms with Crippen molar-refractivity contribution in [3.05, 3.63) is 283 Å². The summed E-state index contributed by atoms with van der Waals surface area (Å²) in [5.41, 5.74) is 18.6. The van der Waals surface area contributed by atoms with Gasteiger partial charge in [-0.3, -0.25) is 0 Å². The number of benzene rings is 11. The predicted octanol–water partition coefficient (Wildman–Crippen LogP) is 17.6. The van der Waals surface area contributed by atoms with E-state index in [9.17, 15) is 0 Å². The predicted molar refractivity (Wildman–Crippen MR) is 280 cm³/mol. The summed E-state index contributed by atoms with van der Waals surface area (Å²) < 4.78 is 7.26. The standard InChI is InChI=1S/C65H43NO/c1-5-17-44(18-6-1)46-29-31-48(32-30-46)50-41-59-58-39-35-49-21-13-14-26-55(49)63(58)67-64(59)62(42-50)66(53-36-33-47(34-37-53)45-19-7-2-8-20-45)54-38-40-57-56-27-15-16-28-60(56)65(61(57)43-54,51-22-9-3-10-23-51)52-24-11-4-12-25-52/h1-43H. The van der Waals surface area contributed by atoms with E-state index >= 15 is 0 Å². The van der Waals surface area contributed by atoms with Crippen molar-refractivity contribution in [3.8, 4) is 44.5 Å². The Kier molecular flexibility index (Phi) is 9.11. The first-order valence-corrected chi connectivity index (χ1v) is 23.1. The minimum absolute atomic E-state index is 0.566. The second kappa shape index (κ2) is 15.8. The van der Waals surface area contributed by atoms with Crippen molar-refractivity contribution in [2.24, 2.45) is 0 Å². The molecule has 1 heterocycles. The second-order valence-electron chi connectivity index (χ2n) is 17.6. The van der Waals surface area contributed by atoms with Crippen molar-refractivity contribution >= 4 is 49.8 Å². The van der Waals surface area contributed by atoms with Crippen LogP contribution in [0.5, 0.6) is 0 Å². The van der Waals surface area contributed by atoms with Crippen LogP contribution in [0, 0.1) is 0 Å². The molecule has 11 aromatic carbocycles. The molecule has 2 heteroatoms. The van der Waals surface area contributed by atoms with Gasteiger partial charge in [0.15, 0.2) is 5.58 Å². The van der Waals surface area contributed by atoms with Crippen LogP contribution in [0.1, 0.15) is 22.3 Å². The minimum Gasteiger partial charge on any atom is -0.453 e. The first-order chi connectivity index (χ1) is 33.2. The maximum Gasteiger partial charge on any atom is 0.159 e. The summed E-state index contributed by atoms with van der Waals surface area (Å²) in [5.74, 6) is 0. The molecule has 0 unspecified atom stereocenters. The van der Waals surface area contributed by atoms with Crippen LogP contribution in [0.2, 0.25) is 0 Å². The van der Waals surface area contributed by atoms with Gasteiger partial charge < -0.3 is 9.32 Å². The molecule has 0 N–H and O–H groups in total. The normalized spacial score (nSPS) is 12.6. The molecule has 12 aromatic rings. The number of hydrogen-bond donors (Lipinski definition) is 0. The number of furan rings is 1. The molecule has 0 amide bonds. The van der Waals surface area contributed by atoms with Crippen LogP contribution in [0.15, 0.2) is 265 Å². The fraction of sp³-hybridized carbons (Fsp3) is 0.0154. The highest BCUT2D eigenvalue weighted by Crippen LogP contribution is 2.58. The zero-order valence-electron chi connectivity index (χ0n) is 36.7. The Bertz CT molecular complexity index is 3720. The van der Waals surface area contributed by atoms with Gasteiger partial charge in [0.05, 0.1) is 11.1 Å². The molecular formula is C65H43NO. The van der Waals surface area contributed by atoms with E-state index in [4.69, 9.17) is 4.42 Å².